The van der Waals surface area contributed by atoms with Crippen LogP contribution in [0, 0.1) is 11.3 Å². The maximum absolute atomic E-state index is 12.9. The predicted octanol–water partition coefficient (Wildman–Crippen LogP) is 4.63. The molecular weight excluding hydrogens is 375 g/mol. The highest BCUT2D eigenvalue weighted by Gasteiger charge is 2.30. The predicted molar refractivity (Wildman–Crippen MR) is 95.6 cm³/mol. The van der Waals surface area contributed by atoms with Crippen molar-refractivity contribution < 1.29 is 32.5 Å². The summed E-state index contributed by atoms with van der Waals surface area (Å²) in [5, 5.41) is 18.5. The van der Waals surface area contributed by atoms with Crippen LogP contribution in [0.5, 0.6) is 11.5 Å². The third kappa shape index (κ3) is 4.82. The molecule has 0 saturated carbocycles. The molecule has 0 fully saturated rings. The Bertz CT molecular complexity index is 945. The number of hydrogen-bond acceptors (Lipinski definition) is 4. The molecule has 0 bridgehead atoms. The fraction of sp³-hybridized carbons (Fsp3) is 0.200. The summed E-state index contributed by atoms with van der Waals surface area (Å²) in [4.78, 5) is 11.1. The van der Waals surface area contributed by atoms with Crippen molar-refractivity contribution in [2.24, 2.45) is 0 Å². The lowest BCUT2D eigenvalue weighted by atomic mass is 10.0. The molecule has 0 amide bonds. The van der Waals surface area contributed by atoms with Crippen LogP contribution in [0.15, 0.2) is 42.5 Å². The Balaban J connectivity index is 2.56. The van der Waals surface area contributed by atoms with Crippen molar-refractivity contribution in [2.45, 2.75) is 19.2 Å². The Kier molecular flexibility index (Phi) is 6.31. The normalized spacial score (nSPS) is 12.8. The molecule has 2 aromatic carbocycles. The van der Waals surface area contributed by atoms with Crippen molar-refractivity contribution in [2.75, 3.05) is 7.11 Å². The number of nitriles is 1. The molecule has 0 unspecified atom stereocenters. The average molecular weight is 391 g/mol. The Hall–Kier alpha value is -3.47. The smallest absolute Gasteiger partial charge is 0.416 e. The van der Waals surface area contributed by atoms with Gasteiger partial charge in [-0.2, -0.15) is 18.4 Å². The molecule has 28 heavy (non-hydrogen) atoms. The quantitative estimate of drug-likeness (QED) is 0.574. The zero-order valence-electron chi connectivity index (χ0n) is 14.9. The maximum atomic E-state index is 12.9. The first kappa shape index (κ1) is 20.8. The number of carboxylic acids is 1. The largest absolute Gasteiger partial charge is 0.493 e. The van der Waals surface area contributed by atoms with Crippen LogP contribution >= 0.6 is 0 Å². The van der Waals surface area contributed by atoms with Gasteiger partial charge in [0, 0.05) is 5.56 Å². The van der Waals surface area contributed by atoms with Gasteiger partial charge in [0.1, 0.15) is 0 Å². The van der Waals surface area contributed by atoms with Crippen LogP contribution < -0.4 is 9.47 Å². The molecule has 0 spiro atoms. The summed E-state index contributed by atoms with van der Waals surface area (Å²) in [6, 6.07) is 10.9. The number of ether oxygens (including phenoxy) is 2. The summed E-state index contributed by atoms with van der Waals surface area (Å²) in [6.07, 6.45) is -4.43. The summed E-state index contributed by atoms with van der Waals surface area (Å²) in [7, 11) is 1.36. The van der Waals surface area contributed by atoms with E-state index in [-0.39, 0.29) is 22.6 Å². The molecule has 0 aromatic heterocycles. The second-order valence-electron chi connectivity index (χ2n) is 5.73. The van der Waals surface area contributed by atoms with E-state index in [9.17, 15) is 23.2 Å². The number of alkyl halides is 3. The van der Waals surface area contributed by atoms with E-state index in [2.05, 4.69) is 0 Å². The molecular formula is C20H16F3NO4. The first-order valence-electron chi connectivity index (χ1n) is 8.03. The number of nitrogens with zero attached hydrogens (tertiary/aromatic N) is 1. The van der Waals surface area contributed by atoms with Crippen molar-refractivity contribution >= 4 is 17.6 Å². The lowest BCUT2D eigenvalue weighted by Gasteiger charge is -2.16. The summed E-state index contributed by atoms with van der Waals surface area (Å²) in [5.41, 5.74) is -0.571. The molecule has 1 atom stereocenters. The minimum atomic E-state index is -4.54. The number of halogens is 3. The van der Waals surface area contributed by atoms with Gasteiger partial charge in [-0.15, -0.1) is 0 Å². The van der Waals surface area contributed by atoms with Gasteiger partial charge in [-0.25, -0.2) is 4.79 Å². The molecule has 8 heteroatoms. The Morgan fingerprint density at radius 3 is 2.50 bits per heavy atom. The van der Waals surface area contributed by atoms with Gasteiger partial charge in [0.25, 0.3) is 0 Å². The van der Waals surface area contributed by atoms with Crippen LogP contribution in [0.4, 0.5) is 13.2 Å². The zero-order valence-corrected chi connectivity index (χ0v) is 14.9. The lowest BCUT2D eigenvalue weighted by molar-refractivity contribution is -0.144. The van der Waals surface area contributed by atoms with Crippen LogP contribution in [0.3, 0.4) is 0 Å². The van der Waals surface area contributed by atoms with E-state index < -0.39 is 23.8 Å². The van der Waals surface area contributed by atoms with Crippen molar-refractivity contribution in [1.82, 2.24) is 0 Å². The molecule has 2 rings (SSSR count). The number of benzene rings is 2. The summed E-state index contributed by atoms with van der Waals surface area (Å²) < 4.78 is 49.5. The van der Waals surface area contributed by atoms with E-state index in [0.717, 1.165) is 12.1 Å². The number of hydrogen-bond donors (Lipinski definition) is 1. The fourth-order valence-electron chi connectivity index (χ4n) is 2.36. The number of methoxy groups -OCH3 is 1. The second kappa shape index (κ2) is 8.48. The van der Waals surface area contributed by atoms with Gasteiger partial charge in [0.2, 0.25) is 0 Å². The average Bonchev–Trinajstić information content (AvgIpc) is 2.66. The van der Waals surface area contributed by atoms with Crippen LogP contribution in [-0.2, 0) is 11.0 Å². The van der Waals surface area contributed by atoms with Gasteiger partial charge < -0.3 is 14.6 Å². The number of rotatable bonds is 6. The minimum Gasteiger partial charge on any atom is -0.493 e. The third-order valence-electron chi connectivity index (χ3n) is 3.79. The first-order valence-corrected chi connectivity index (χ1v) is 8.03. The van der Waals surface area contributed by atoms with E-state index in [1.165, 1.54) is 44.4 Å². The van der Waals surface area contributed by atoms with Crippen LogP contribution in [0.25, 0.3) is 11.6 Å². The van der Waals surface area contributed by atoms with Gasteiger partial charge in [0.05, 0.1) is 24.3 Å². The number of allylic oxidation sites excluding steroid dienone is 1. The van der Waals surface area contributed by atoms with Crippen molar-refractivity contribution in [3.05, 3.63) is 59.2 Å². The molecule has 0 radical (unpaired) electrons. The van der Waals surface area contributed by atoms with Gasteiger partial charge in [-0.1, -0.05) is 24.3 Å². The number of carboxylic acid groups (broad SMARTS) is 1. The molecule has 1 N–H and O–H groups in total. The van der Waals surface area contributed by atoms with Crippen LogP contribution in [-0.4, -0.2) is 24.3 Å². The molecule has 0 aliphatic heterocycles. The molecule has 2 aromatic rings. The summed E-state index contributed by atoms with van der Waals surface area (Å²) in [6.45, 7) is 1.32. The molecule has 5 nitrogen and oxygen atoms in total. The third-order valence-corrected chi connectivity index (χ3v) is 3.79. The number of carbonyl (C=O) groups is 1. The topological polar surface area (TPSA) is 79.5 Å². The van der Waals surface area contributed by atoms with E-state index >= 15 is 0 Å². The number of para-hydroxylation sites is 1. The highest BCUT2D eigenvalue weighted by atomic mass is 19.4. The molecule has 0 saturated heterocycles. The highest BCUT2D eigenvalue weighted by Crippen LogP contribution is 2.35. The van der Waals surface area contributed by atoms with Gasteiger partial charge >= 0.3 is 12.1 Å². The van der Waals surface area contributed by atoms with E-state index in [1.54, 1.807) is 6.07 Å². The van der Waals surface area contributed by atoms with Gasteiger partial charge in [-0.3, -0.25) is 0 Å². The Morgan fingerprint density at radius 1 is 1.25 bits per heavy atom. The molecule has 0 heterocycles. The molecule has 0 aliphatic rings. The highest BCUT2D eigenvalue weighted by molar-refractivity contribution is 5.91. The molecule has 0 aliphatic carbocycles. The first-order chi connectivity index (χ1) is 13.2. The van der Waals surface area contributed by atoms with E-state index in [1.807, 2.05) is 6.07 Å². The maximum Gasteiger partial charge on any atom is 0.416 e. The lowest BCUT2D eigenvalue weighted by Crippen LogP contribution is -2.23. The van der Waals surface area contributed by atoms with Crippen molar-refractivity contribution in [3.63, 3.8) is 0 Å². The Labute approximate surface area is 159 Å². The summed E-state index contributed by atoms with van der Waals surface area (Å²) >= 11 is 0. The second-order valence-corrected chi connectivity index (χ2v) is 5.73. The zero-order chi connectivity index (χ0) is 20.9. The van der Waals surface area contributed by atoms with Crippen LogP contribution in [0.2, 0.25) is 0 Å². The van der Waals surface area contributed by atoms with Crippen molar-refractivity contribution in [1.29, 1.82) is 5.26 Å². The minimum absolute atomic E-state index is 0.0489. The fourth-order valence-corrected chi connectivity index (χ4v) is 2.36. The summed E-state index contributed by atoms with van der Waals surface area (Å²) in [5.74, 6) is -0.915. The van der Waals surface area contributed by atoms with Gasteiger partial charge in [0.15, 0.2) is 17.6 Å². The van der Waals surface area contributed by atoms with Crippen LogP contribution in [0.1, 0.15) is 23.6 Å². The monoisotopic (exact) mass is 391 g/mol. The van der Waals surface area contributed by atoms with E-state index in [4.69, 9.17) is 14.6 Å². The number of aliphatic carboxylic acids is 1. The van der Waals surface area contributed by atoms with Crippen molar-refractivity contribution in [3.8, 4) is 17.6 Å². The van der Waals surface area contributed by atoms with E-state index in [0.29, 0.717) is 5.56 Å². The van der Waals surface area contributed by atoms with Gasteiger partial charge in [-0.05, 0) is 36.8 Å². The SMILES string of the molecule is COc1cccc(/C=C(/C#N)c2cccc(C(F)(F)F)c2)c1O[C@@H](C)C(=O)O. The molecule has 146 valence electrons. The Morgan fingerprint density at radius 2 is 1.93 bits per heavy atom. The standard InChI is InChI=1S/C20H16F3NO4/c1-12(19(25)26)28-18-14(6-4-8-17(18)27-2)9-15(11-24)13-5-3-7-16(10-13)20(21,22)23/h3-10,12H,1-2H3,(H,25,26)/b15-9-/t12-/m0/s1.